The zero-order valence-corrected chi connectivity index (χ0v) is 18.2. The van der Waals surface area contributed by atoms with Gasteiger partial charge in [0.25, 0.3) is 0 Å². The number of nitrogens with one attached hydrogen (secondary N) is 1. The maximum Gasteiger partial charge on any atom is 0.233 e. The van der Waals surface area contributed by atoms with Crippen LogP contribution in [0.5, 0.6) is 0 Å². The summed E-state index contributed by atoms with van der Waals surface area (Å²) in [7, 11) is 0. The fraction of sp³-hybridized carbons (Fsp3) is 0.391. The van der Waals surface area contributed by atoms with Gasteiger partial charge in [-0.1, -0.05) is 55.4 Å². The van der Waals surface area contributed by atoms with Crippen molar-refractivity contribution in [3.05, 3.63) is 60.4 Å². The summed E-state index contributed by atoms with van der Waals surface area (Å²) < 4.78 is 2.17. The summed E-state index contributed by atoms with van der Waals surface area (Å²) in [5.74, 6) is 0.851. The second-order valence-corrected chi connectivity index (χ2v) is 8.98. The first-order valence-electron chi connectivity index (χ1n) is 10.5. The van der Waals surface area contributed by atoms with Gasteiger partial charge in [-0.25, -0.2) is 0 Å². The highest BCUT2D eigenvalue weighted by Crippen LogP contribution is 2.41. The number of rotatable bonds is 9. The van der Waals surface area contributed by atoms with Crippen molar-refractivity contribution < 1.29 is 4.79 Å². The minimum absolute atomic E-state index is 0.0237. The van der Waals surface area contributed by atoms with Crippen molar-refractivity contribution in [2.45, 2.75) is 62.0 Å². The van der Waals surface area contributed by atoms with Gasteiger partial charge in [0.2, 0.25) is 5.91 Å². The van der Waals surface area contributed by atoms with E-state index >= 15 is 0 Å². The number of hydrogen-bond donors (Lipinski definition) is 1. The molecule has 1 fully saturated rings. The van der Waals surface area contributed by atoms with Gasteiger partial charge >= 0.3 is 0 Å². The van der Waals surface area contributed by atoms with E-state index in [0.717, 1.165) is 47.8 Å². The Labute approximate surface area is 181 Å². The van der Waals surface area contributed by atoms with Crippen molar-refractivity contribution in [1.29, 1.82) is 0 Å². The highest BCUT2D eigenvalue weighted by molar-refractivity contribution is 8.00. The number of thioether (sulfide) groups is 1. The van der Waals surface area contributed by atoms with Crippen LogP contribution in [-0.4, -0.2) is 30.9 Å². The normalized spacial score (nSPS) is 15.5. The van der Waals surface area contributed by atoms with Gasteiger partial charge in [0.05, 0.1) is 11.3 Å². The van der Waals surface area contributed by atoms with Crippen LogP contribution < -0.4 is 5.32 Å². The average Bonchev–Trinajstić information content (AvgIpc) is 3.54. The molecule has 1 aliphatic carbocycles. The van der Waals surface area contributed by atoms with Crippen LogP contribution in [-0.2, 0) is 4.79 Å². The topological polar surface area (TPSA) is 72.7 Å². The molecule has 0 bridgehead atoms. The number of pyridine rings is 1. The van der Waals surface area contributed by atoms with Crippen molar-refractivity contribution >= 4 is 17.7 Å². The molecule has 1 saturated carbocycles. The van der Waals surface area contributed by atoms with Crippen LogP contribution in [0.25, 0.3) is 11.4 Å². The van der Waals surface area contributed by atoms with Crippen LogP contribution in [0.4, 0.5) is 0 Å². The monoisotopic (exact) mass is 421 g/mol. The van der Waals surface area contributed by atoms with Crippen LogP contribution in [0.15, 0.2) is 60.0 Å². The lowest BCUT2D eigenvalue weighted by molar-refractivity contribution is -0.121. The zero-order chi connectivity index (χ0) is 20.9. The van der Waals surface area contributed by atoms with E-state index in [0.29, 0.717) is 6.04 Å². The van der Waals surface area contributed by atoms with Crippen molar-refractivity contribution in [2.75, 3.05) is 0 Å². The molecule has 2 aromatic heterocycles. The van der Waals surface area contributed by atoms with Gasteiger partial charge in [0.1, 0.15) is 0 Å². The van der Waals surface area contributed by atoms with Gasteiger partial charge in [-0.05, 0) is 43.9 Å². The Balaban J connectivity index is 1.49. The van der Waals surface area contributed by atoms with Gasteiger partial charge in [0, 0.05) is 24.0 Å². The molecule has 6 nitrogen and oxygen atoms in total. The molecule has 0 spiro atoms. The maximum absolute atomic E-state index is 13.0. The van der Waals surface area contributed by atoms with Crippen LogP contribution >= 0.6 is 11.8 Å². The molecule has 1 aromatic carbocycles. The molecule has 0 saturated heterocycles. The summed E-state index contributed by atoms with van der Waals surface area (Å²) in [6, 6.07) is 14.5. The molecule has 1 amide bonds. The molecular formula is C23H27N5OS. The Morgan fingerprint density at radius 1 is 1.20 bits per heavy atom. The maximum atomic E-state index is 13.0. The number of hydrogen-bond acceptors (Lipinski definition) is 5. The summed E-state index contributed by atoms with van der Waals surface area (Å²) in [6.07, 6.45) is 7.71. The molecule has 7 heteroatoms. The Kier molecular flexibility index (Phi) is 6.47. The number of nitrogens with zero attached hydrogens (tertiary/aromatic N) is 4. The summed E-state index contributed by atoms with van der Waals surface area (Å²) >= 11 is 1.47. The van der Waals surface area contributed by atoms with E-state index in [4.69, 9.17) is 0 Å². The third kappa shape index (κ3) is 4.73. The van der Waals surface area contributed by atoms with E-state index in [-0.39, 0.29) is 17.2 Å². The first-order valence-corrected chi connectivity index (χ1v) is 11.4. The number of amides is 1. The zero-order valence-electron chi connectivity index (χ0n) is 17.4. The number of carbonyl (C=O) groups excluding carboxylic acids is 1. The average molecular weight is 422 g/mol. The smallest absolute Gasteiger partial charge is 0.233 e. The van der Waals surface area contributed by atoms with E-state index in [1.807, 2.05) is 43.5 Å². The lowest BCUT2D eigenvalue weighted by Gasteiger charge is -2.21. The third-order valence-corrected chi connectivity index (χ3v) is 6.30. The predicted octanol–water partition coefficient (Wildman–Crippen LogP) is 4.81. The van der Waals surface area contributed by atoms with E-state index in [9.17, 15) is 4.79 Å². The lowest BCUT2D eigenvalue weighted by Crippen LogP contribution is -2.34. The first kappa shape index (κ1) is 20.6. The first-order chi connectivity index (χ1) is 14.7. The van der Waals surface area contributed by atoms with E-state index in [1.54, 1.807) is 6.20 Å². The molecule has 2 heterocycles. The molecule has 1 N–H and O–H groups in total. The van der Waals surface area contributed by atoms with Gasteiger partial charge in [-0.15, -0.1) is 10.2 Å². The quantitative estimate of drug-likeness (QED) is 0.502. The van der Waals surface area contributed by atoms with Gasteiger partial charge in [-0.2, -0.15) is 0 Å². The molecule has 0 unspecified atom stereocenters. The molecule has 0 radical (unpaired) electrons. The predicted molar refractivity (Wildman–Crippen MR) is 119 cm³/mol. The Hall–Kier alpha value is -2.67. The van der Waals surface area contributed by atoms with E-state index in [1.165, 1.54) is 11.8 Å². The fourth-order valence-electron chi connectivity index (χ4n) is 3.51. The minimum atomic E-state index is -0.267. The van der Waals surface area contributed by atoms with Crippen molar-refractivity contribution in [2.24, 2.45) is 0 Å². The molecule has 30 heavy (non-hydrogen) atoms. The van der Waals surface area contributed by atoms with Crippen molar-refractivity contribution in [3.8, 4) is 11.4 Å². The number of benzene rings is 1. The summed E-state index contributed by atoms with van der Waals surface area (Å²) in [4.78, 5) is 17.2. The third-order valence-electron chi connectivity index (χ3n) is 5.24. The van der Waals surface area contributed by atoms with Crippen LogP contribution in [0.1, 0.15) is 57.2 Å². The lowest BCUT2D eigenvalue weighted by atomic mass is 10.0. The fourth-order valence-corrected chi connectivity index (χ4v) is 4.44. The largest absolute Gasteiger partial charge is 0.348 e. The van der Waals surface area contributed by atoms with E-state index < -0.39 is 0 Å². The molecular weight excluding hydrogens is 394 g/mol. The molecule has 156 valence electrons. The molecule has 0 aliphatic heterocycles. The highest BCUT2D eigenvalue weighted by Gasteiger charge is 2.31. The molecule has 2 atom stereocenters. The summed E-state index contributed by atoms with van der Waals surface area (Å²) in [5, 5.41) is 12.6. The SMILES string of the molecule is CCC[C@@H](NC(=O)[C@H](C)Sc1nnc(-c2cccnc2)n1C1CC1)c1ccccc1. The van der Waals surface area contributed by atoms with Gasteiger partial charge in [0.15, 0.2) is 11.0 Å². The summed E-state index contributed by atoms with van der Waals surface area (Å²) in [6.45, 7) is 4.07. The Bertz CT molecular complexity index is 972. The van der Waals surface area contributed by atoms with Crippen molar-refractivity contribution in [3.63, 3.8) is 0 Å². The van der Waals surface area contributed by atoms with Gasteiger partial charge in [-0.3, -0.25) is 14.3 Å². The second-order valence-electron chi connectivity index (χ2n) is 7.67. The second kappa shape index (κ2) is 9.43. The number of carbonyl (C=O) groups is 1. The van der Waals surface area contributed by atoms with Gasteiger partial charge < -0.3 is 5.32 Å². The van der Waals surface area contributed by atoms with Crippen LogP contribution in [0.3, 0.4) is 0 Å². The Morgan fingerprint density at radius 2 is 2.00 bits per heavy atom. The number of aromatic nitrogens is 4. The van der Waals surface area contributed by atoms with Crippen molar-refractivity contribution in [1.82, 2.24) is 25.1 Å². The van der Waals surface area contributed by atoms with Crippen LogP contribution in [0, 0.1) is 0 Å². The summed E-state index contributed by atoms with van der Waals surface area (Å²) in [5.41, 5.74) is 2.10. The van der Waals surface area contributed by atoms with Crippen LogP contribution in [0.2, 0.25) is 0 Å². The highest BCUT2D eigenvalue weighted by atomic mass is 32.2. The standard InChI is InChI=1S/C23H27N5OS/c1-3-8-20(17-9-5-4-6-10-17)25-22(29)16(2)30-23-27-26-21(28(23)19-12-13-19)18-11-7-14-24-15-18/h4-7,9-11,14-16,19-20H,3,8,12-13H2,1-2H3,(H,25,29)/t16-,20+/m0/s1. The minimum Gasteiger partial charge on any atom is -0.348 e. The molecule has 4 rings (SSSR count). The Morgan fingerprint density at radius 3 is 2.67 bits per heavy atom. The molecule has 1 aliphatic rings. The molecule has 3 aromatic rings. The van der Waals surface area contributed by atoms with E-state index in [2.05, 4.69) is 44.1 Å².